The number of nitrogens with zero attached hydrogens (tertiary/aromatic N) is 3. The minimum absolute atomic E-state index is 0.0497. The Balaban J connectivity index is 1.15. The smallest absolute Gasteiger partial charge is 0.407 e. The maximum atomic E-state index is 14.5. The van der Waals surface area contributed by atoms with Crippen molar-refractivity contribution in [3.05, 3.63) is 176 Å². The first-order chi connectivity index (χ1) is 27.8. The molecule has 57 heavy (non-hydrogen) atoms. The summed E-state index contributed by atoms with van der Waals surface area (Å²) in [5.41, 5.74) is 14.7. The summed E-state index contributed by atoms with van der Waals surface area (Å²) in [6, 6.07) is 39.8. The molecule has 0 bridgehead atoms. The molecule has 0 radical (unpaired) electrons. The third kappa shape index (κ3) is 9.84. The van der Waals surface area contributed by atoms with E-state index in [1.807, 2.05) is 104 Å². The quantitative estimate of drug-likeness (QED) is 0.0227. The van der Waals surface area contributed by atoms with Crippen LogP contribution in [0.5, 0.6) is 0 Å². The van der Waals surface area contributed by atoms with Crippen LogP contribution in [0.1, 0.15) is 77.8 Å². The lowest BCUT2D eigenvalue weighted by Crippen LogP contribution is -2.46. The van der Waals surface area contributed by atoms with Gasteiger partial charge in [0.05, 0.1) is 0 Å². The SMILES string of the molecule is Cc1ccc(C(OC(=O)C(CCCCNC(=O)OCC2c3ccccc3-c3ccccc32)NC(=O)CCCCN=[N+]=[N-])(c2ccccc2)c2ccccc2Cl)cc1. The summed E-state index contributed by atoms with van der Waals surface area (Å²) in [6.45, 7) is 2.77. The molecular weight excluding hydrogens is 738 g/mol. The largest absolute Gasteiger partial charge is 0.449 e. The number of unbranched alkanes of at least 4 members (excludes halogenated alkanes) is 2. The minimum Gasteiger partial charge on any atom is -0.449 e. The van der Waals surface area contributed by atoms with Crippen LogP contribution in [-0.4, -0.2) is 43.7 Å². The van der Waals surface area contributed by atoms with Crippen molar-refractivity contribution in [2.75, 3.05) is 19.7 Å². The molecule has 0 spiro atoms. The molecule has 292 valence electrons. The van der Waals surface area contributed by atoms with Crippen LogP contribution in [0, 0.1) is 6.92 Å². The molecule has 11 heteroatoms. The van der Waals surface area contributed by atoms with Gasteiger partial charge >= 0.3 is 12.1 Å². The normalized spacial score (nSPS) is 13.2. The number of hydrogen-bond donors (Lipinski definition) is 2. The van der Waals surface area contributed by atoms with Gasteiger partial charge in [0, 0.05) is 52.1 Å². The molecule has 0 saturated carbocycles. The Hall–Kier alpha value is -6.09. The Labute approximate surface area is 338 Å². The second-order valence-corrected chi connectivity index (χ2v) is 14.5. The number of nitrogens with one attached hydrogen (secondary N) is 2. The predicted molar refractivity (Wildman–Crippen MR) is 222 cm³/mol. The first-order valence-corrected chi connectivity index (χ1v) is 19.7. The molecule has 0 heterocycles. The van der Waals surface area contributed by atoms with Crippen molar-refractivity contribution < 1.29 is 23.9 Å². The fraction of sp³-hybridized carbons (Fsp3) is 0.283. The first kappa shape index (κ1) is 40.6. The molecule has 0 aromatic heterocycles. The molecular formula is C46H46ClN5O5. The number of carbonyl (C=O) groups excluding carboxylic acids is 3. The maximum Gasteiger partial charge on any atom is 0.407 e. The molecule has 5 aromatic rings. The summed E-state index contributed by atoms with van der Waals surface area (Å²) in [5, 5.41) is 9.71. The fourth-order valence-corrected chi connectivity index (χ4v) is 7.69. The highest BCUT2D eigenvalue weighted by atomic mass is 35.5. The van der Waals surface area contributed by atoms with Crippen LogP contribution in [0.15, 0.2) is 133 Å². The molecule has 0 aliphatic heterocycles. The van der Waals surface area contributed by atoms with Crippen molar-refractivity contribution in [1.29, 1.82) is 0 Å². The average Bonchev–Trinajstić information content (AvgIpc) is 3.55. The van der Waals surface area contributed by atoms with Gasteiger partial charge in [0.15, 0.2) is 5.60 Å². The third-order valence-electron chi connectivity index (χ3n) is 10.3. The van der Waals surface area contributed by atoms with Gasteiger partial charge in [-0.3, -0.25) is 4.79 Å². The molecule has 6 rings (SSSR count). The van der Waals surface area contributed by atoms with Crippen LogP contribution in [0.4, 0.5) is 4.79 Å². The Bertz CT molecular complexity index is 2160. The van der Waals surface area contributed by atoms with Crippen molar-refractivity contribution in [1.82, 2.24) is 10.6 Å². The van der Waals surface area contributed by atoms with Crippen molar-refractivity contribution in [2.45, 2.75) is 63.0 Å². The van der Waals surface area contributed by atoms with Crippen molar-refractivity contribution in [2.24, 2.45) is 5.11 Å². The predicted octanol–water partition coefficient (Wildman–Crippen LogP) is 10.2. The number of halogens is 1. The van der Waals surface area contributed by atoms with E-state index in [-0.39, 0.29) is 37.8 Å². The standard InChI is InChI=1S/C46H46ClN5O5/c1-32-25-27-34(28-26-32)46(33-15-3-2-4-16-33,40-21-9-10-22-41(40)47)57-44(54)42(51-43(53)24-12-14-30-50-52-48)23-11-13-29-49-45(55)56-31-39-37-19-7-5-17-35(37)36-18-6-8-20-38(36)39/h2-10,15-22,25-28,39,42H,11-14,23-24,29-31H2,1H3,(H,49,55)(H,51,53). The summed E-state index contributed by atoms with van der Waals surface area (Å²) < 4.78 is 12.4. The number of ether oxygens (including phenoxy) is 2. The molecule has 0 saturated heterocycles. The zero-order valence-electron chi connectivity index (χ0n) is 31.9. The zero-order valence-corrected chi connectivity index (χ0v) is 32.7. The molecule has 0 fully saturated rings. The van der Waals surface area contributed by atoms with Crippen LogP contribution in [0.2, 0.25) is 5.02 Å². The Kier molecular flexibility index (Phi) is 14.0. The van der Waals surface area contributed by atoms with Crippen LogP contribution >= 0.6 is 11.6 Å². The topological polar surface area (TPSA) is 142 Å². The number of aryl methyl sites for hydroxylation is 1. The van der Waals surface area contributed by atoms with Gasteiger partial charge < -0.3 is 20.1 Å². The van der Waals surface area contributed by atoms with E-state index in [2.05, 4.69) is 44.9 Å². The average molecular weight is 784 g/mol. The summed E-state index contributed by atoms with van der Waals surface area (Å²) in [6.07, 6.45) is 1.88. The molecule has 1 aliphatic rings. The number of esters is 1. The molecule has 2 atom stereocenters. The molecule has 5 aromatic carbocycles. The lowest BCUT2D eigenvalue weighted by Gasteiger charge is -2.37. The first-order valence-electron chi connectivity index (χ1n) is 19.3. The summed E-state index contributed by atoms with van der Waals surface area (Å²) in [5.74, 6) is -1.01. The lowest BCUT2D eigenvalue weighted by atomic mass is 9.79. The number of carbonyl (C=O) groups is 3. The van der Waals surface area contributed by atoms with Gasteiger partial charge in [0.1, 0.15) is 12.6 Å². The highest BCUT2D eigenvalue weighted by Gasteiger charge is 2.43. The van der Waals surface area contributed by atoms with E-state index in [0.717, 1.165) is 27.8 Å². The monoisotopic (exact) mass is 783 g/mol. The Morgan fingerprint density at radius 1 is 0.789 bits per heavy atom. The van der Waals surface area contributed by atoms with Crippen LogP contribution in [-0.2, 0) is 24.7 Å². The van der Waals surface area contributed by atoms with Crippen molar-refractivity contribution in [3.8, 4) is 11.1 Å². The molecule has 2 unspecified atom stereocenters. The summed E-state index contributed by atoms with van der Waals surface area (Å²) >= 11 is 6.89. The number of amides is 2. The van der Waals surface area contributed by atoms with Crippen molar-refractivity contribution >= 4 is 29.6 Å². The number of benzene rings is 5. The second kappa shape index (κ2) is 19.7. The van der Waals surface area contributed by atoms with Gasteiger partial charge in [-0.15, -0.1) is 0 Å². The number of azide groups is 1. The Morgan fingerprint density at radius 3 is 2.11 bits per heavy atom. The number of rotatable bonds is 18. The van der Waals surface area contributed by atoms with E-state index in [9.17, 15) is 14.4 Å². The van der Waals surface area contributed by atoms with Gasteiger partial charge in [0.25, 0.3) is 0 Å². The zero-order chi connectivity index (χ0) is 40.0. The third-order valence-corrected chi connectivity index (χ3v) is 10.6. The highest BCUT2D eigenvalue weighted by Crippen LogP contribution is 2.45. The molecule has 2 amide bonds. The molecule has 10 nitrogen and oxygen atoms in total. The van der Waals surface area contributed by atoms with Gasteiger partial charge in [-0.05, 0) is 72.9 Å². The van der Waals surface area contributed by atoms with E-state index >= 15 is 0 Å². The second-order valence-electron chi connectivity index (χ2n) is 14.1. The van der Waals surface area contributed by atoms with Gasteiger partial charge in [-0.25, -0.2) is 9.59 Å². The Morgan fingerprint density at radius 2 is 1.42 bits per heavy atom. The minimum atomic E-state index is -1.45. The van der Waals surface area contributed by atoms with Crippen molar-refractivity contribution in [3.63, 3.8) is 0 Å². The highest BCUT2D eigenvalue weighted by molar-refractivity contribution is 6.31. The number of alkyl carbamates (subject to hydrolysis) is 1. The molecule has 2 N–H and O–H groups in total. The van der Waals surface area contributed by atoms with Gasteiger partial charge in [0.2, 0.25) is 5.91 Å². The van der Waals surface area contributed by atoms with Crippen LogP contribution < -0.4 is 10.6 Å². The van der Waals surface area contributed by atoms with Crippen LogP contribution in [0.25, 0.3) is 21.6 Å². The fourth-order valence-electron chi connectivity index (χ4n) is 7.42. The summed E-state index contributed by atoms with van der Waals surface area (Å²) in [7, 11) is 0. The van der Waals surface area contributed by atoms with E-state index < -0.39 is 23.7 Å². The van der Waals surface area contributed by atoms with Gasteiger partial charge in [-0.2, -0.15) is 0 Å². The number of hydrogen-bond acceptors (Lipinski definition) is 6. The number of fused-ring (bicyclic) bond motifs is 3. The van der Waals surface area contributed by atoms with E-state index in [1.165, 1.54) is 0 Å². The van der Waals surface area contributed by atoms with Gasteiger partial charge in [-0.1, -0.05) is 144 Å². The van der Waals surface area contributed by atoms with E-state index in [1.54, 1.807) is 6.07 Å². The van der Waals surface area contributed by atoms with E-state index in [0.29, 0.717) is 53.9 Å². The van der Waals surface area contributed by atoms with E-state index in [4.69, 9.17) is 26.6 Å². The molecule has 1 aliphatic carbocycles. The maximum absolute atomic E-state index is 14.5. The summed E-state index contributed by atoms with van der Waals surface area (Å²) in [4.78, 5) is 43.4. The lowest BCUT2D eigenvalue weighted by molar-refractivity contribution is -0.157. The van der Waals surface area contributed by atoms with Crippen LogP contribution in [0.3, 0.4) is 0 Å².